The van der Waals surface area contributed by atoms with Crippen molar-refractivity contribution >= 4 is 78.6 Å². The van der Waals surface area contributed by atoms with Gasteiger partial charge in [0.1, 0.15) is 0 Å². The molecule has 2 aromatic rings. The van der Waals surface area contributed by atoms with E-state index in [2.05, 4.69) is 21.4 Å². The first-order valence-electron chi connectivity index (χ1n) is 13.1. The van der Waals surface area contributed by atoms with Gasteiger partial charge in [0.25, 0.3) is 5.24 Å². The van der Waals surface area contributed by atoms with E-state index in [4.69, 9.17) is 39.5 Å². The standard InChI is InChI=1S/C14H18BClO3.C14H19BO4.Cl2OS/c2*1-9-10(12(16)17)7-6-8-11(9)15-18-13(2,3)14(4,5)19-15;1-4(2)3/h6-8H,1-5H3;6-8H,1-5H3,(H,16,17);. The minimum Gasteiger partial charge on any atom is -0.478 e. The number of aromatic carboxylic acids is 1. The normalized spacial score (nSPS) is 19.5. The Hall–Kier alpha value is -1.43. The first kappa shape index (κ1) is 36.8. The number of carboxylic acid groups (broad SMARTS) is 1. The van der Waals surface area contributed by atoms with E-state index in [0.717, 1.165) is 16.5 Å². The molecule has 2 fully saturated rings. The lowest BCUT2D eigenvalue weighted by atomic mass is 9.75. The van der Waals surface area contributed by atoms with Crippen molar-refractivity contribution in [3.8, 4) is 0 Å². The van der Waals surface area contributed by atoms with Gasteiger partial charge in [0.2, 0.25) is 9.23 Å². The summed E-state index contributed by atoms with van der Waals surface area (Å²) in [5.74, 6) is -0.934. The fourth-order valence-corrected chi connectivity index (χ4v) is 4.41. The summed E-state index contributed by atoms with van der Waals surface area (Å²) in [4.78, 5) is 22.5. The maximum absolute atomic E-state index is 11.4. The van der Waals surface area contributed by atoms with E-state index >= 15 is 0 Å². The minimum atomic E-state index is -1.67. The van der Waals surface area contributed by atoms with Gasteiger partial charge in [-0.15, -0.1) is 0 Å². The second-order valence-corrected chi connectivity index (χ2v) is 14.8. The van der Waals surface area contributed by atoms with Crippen molar-refractivity contribution in [3.05, 3.63) is 58.7 Å². The predicted molar refractivity (Wildman–Crippen MR) is 171 cm³/mol. The van der Waals surface area contributed by atoms with Crippen LogP contribution in [0.25, 0.3) is 0 Å². The van der Waals surface area contributed by atoms with Crippen LogP contribution in [0.3, 0.4) is 0 Å². The molecule has 0 aromatic heterocycles. The summed E-state index contributed by atoms with van der Waals surface area (Å²) in [6.07, 6.45) is 0. The fourth-order valence-electron chi connectivity index (χ4n) is 4.20. The third-order valence-corrected chi connectivity index (χ3v) is 8.41. The van der Waals surface area contributed by atoms with Crippen molar-refractivity contribution in [2.45, 2.75) is 91.6 Å². The van der Waals surface area contributed by atoms with Crippen molar-refractivity contribution in [3.63, 3.8) is 0 Å². The highest BCUT2D eigenvalue weighted by Crippen LogP contribution is 2.37. The lowest BCUT2D eigenvalue weighted by Gasteiger charge is -2.32. The molecule has 0 aliphatic carbocycles. The van der Waals surface area contributed by atoms with Crippen LogP contribution >= 0.6 is 33.0 Å². The van der Waals surface area contributed by atoms with E-state index in [0.29, 0.717) is 11.1 Å². The van der Waals surface area contributed by atoms with Crippen LogP contribution in [-0.2, 0) is 27.8 Å². The van der Waals surface area contributed by atoms with Gasteiger partial charge < -0.3 is 23.7 Å². The van der Waals surface area contributed by atoms with Gasteiger partial charge in [0.15, 0.2) is 0 Å². The number of carboxylic acids is 1. The zero-order chi connectivity index (χ0) is 32.4. The molecule has 0 atom stereocenters. The first-order valence-corrected chi connectivity index (χ1v) is 16.3. The summed E-state index contributed by atoms with van der Waals surface area (Å²) < 4.78 is 33.0. The SMILES string of the molecule is Cc1c(B2OC(C)(C)C(C)(C)O2)cccc1C(=O)Cl.Cc1c(B2OC(C)(C)C(C)(C)O2)cccc1C(=O)O.O=S(Cl)Cl. The van der Waals surface area contributed by atoms with Gasteiger partial charge in [0, 0.05) is 26.9 Å². The van der Waals surface area contributed by atoms with Crippen LogP contribution in [-0.4, -0.2) is 57.2 Å². The minimum absolute atomic E-state index is 0.284. The Morgan fingerprint density at radius 2 is 0.976 bits per heavy atom. The average Bonchev–Trinajstić information content (AvgIpc) is 3.18. The molecular weight excluding hydrogens is 624 g/mol. The molecule has 2 aliphatic heterocycles. The van der Waals surface area contributed by atoms with Crippen LogP contribution in [0, 0.1) is 13.8 Å². The number of carbonyl (C=O) groups is 2. The van der Waals surface area contributed by atoms with E-state index in [-0.39, 0.29) is 5.56 Å². The topological polar surface area (TPSA) is 108 Å². The molecular formula is C28H37B2Cl3O8S. The highest BCUT2D eigenvalue weighted by atomic mass is 36.0. The monoisotopic (exact) mass is 660 g/mol. The van der Waals surface area contributed by atoms with Crippen molar-refractivity contribution in [1.29, 1.82) is 0 Å². The Kier molecular flexibility index (Phi) is 12.0. The number of hydrogen-bond acceptors (Lipinski definition) is 7. The number of benzene rings is 2. The van der Waals surface area contributed by atoms with E-state index in [1.165, 1.54) is 0 Å². The second-order valence-electron chi connectivity index (χ2n) is 12.0. The highest BCUT2D eigenvalue weighted by molar-refractivity contribution is 8.26. The van der Waals surface area contributed by atoms with Crippen molar-refractivity contribution in [2.24, 2.45) is 0 Å². The molecule has 0 spiro atoms. The largest absolute Gasteiger partial charge is 0.495 e. The maximum atomic E-state index is 11.4. The summed E-state index contributed by atoms with van der Waals surface area (Å²) in [7, 11) is 6.36. The third-order valence-electron chi connectivity index (χ3n) is 8.21. The van der Waals surface area contributed by atoms with Gasteiger partial charge >= 0.3 is 20.2 Å². The van der Waals surface area contributed by atoms with Gasteiger partial charge in [-0.05, 0) is 115 Å². The Labute approximate surface area is 265 Å². The zero-order valence-electron chi connectivity index (χ0n) is 25.5. The summed E-state index contributed by atoms with van der Waals surface area (Å²) in [5.41, 5.74) is 2.25. The molecule has 2 saturated heterocycles. The van der Waals surface area contributed by atoms with Gasteiger partial charge in [-0.2, -0.15) is 0 Å². The van der Waals surface area contributed by atoms with E-state index < -0.39 is 57.1 Å². The van der Waals surface area contributed by atoms with Gasteiger partial charge in [0.05, 0.1) is 28.0 Å². The lowest BCUT2D eigenvalue weighted by Crippen LogP contribution is -2.41. The van der Waals surface area contributed by atoms with E-state index in [1.807, 2.05) is 74.4 Å². The zero-order valence-corrected chi connectivity index (χ0v) is 28.6. The predicted octanol–water partition coefficient (Wildman–Crippen LogP) is 5.71. The highest BCUT2D eigenvalue weighted by Gasteiger charge is 2.53. The first-order chi connectivity index (χ1) is 19.0. The van der Waals surface area contributed by atoms with Crippen LogP contribution in [0.15, 0.2) is 36.4 Å². The molecule has 0 bridgehead atoms. The number of halogens is 3. The summed E-state index contributed by atoms with van der Waals surface area (Å²) in [5, 5.41) is 8.69. The molecule has 42 heavy (non-hydrogen) atoms. The molecule has 2 aliphatic rings. The molecule has 2 aromatic carbocycles. The van der Waals surface area contributed by atoms with Crippen LogP contribution in [0.4, 0.5) is 0 Å². The Balaban J connectivity index is 0.000000261. The third kappa shape index (κ3) is 8.39. The lowest BCUT2D eigenvalue weighted by molar-refractivity contribution is 0.00578. The van der Waals surface area contributed by atoms with E-state index in [1.54, 1.807) is 31.2 Å². The molecule has 4 rings (SSSR count). The van der Waals surface area contributed by atoms with Gasteiger partial charge in [-0.25, -0.2) is 9.00 Å². The Morgan fingerprint density at radius 3 is 1.26 bits per heavy atom. The maximum Gasteiger partial charge on any atom is 0.495 e. The molecule has 0 amide bonds. The number of rotatable bonds is 4. The summed E-state index contributed by atoms with van der Waals surface area (Å²) >= 11 is 5.58. The molecule has 8 nitrogen and oxygen atoms in total. The molecule has 0 unspecified atom stereocenters. The van der Waals surface area contributed by atoms with Gasteiger partial charge in [-0.1, -0.05) is 24.3 Å². The van der Waals surface area contributed by atoms with E-state index in [9.17, 15) is 9.59 Å². The molecule has 230 valence electrons. The summed E-state index contributed by atoms with van der Waals surface area (Å²) in [6, 6.07) is 10.6. The molecule has 0 radical (unpaired) electrons. The van der Waals surface area contributed by atoms with Crippen LogP contribution < -0.4 is 10.9 Å². The van der Waals surface area contributed by atoms with Crippen molar-refractivity contribution in [1.82, 2.24) is 0 Å². The van der Waals surface area contributed by atoms with Crippen LogP contribution in [0.2, 0.25) is 0 Å². The average molecular weight is 662 g/mol. The van der Waals surface area contributed by atoms with Gasteiger partial charge in [-0.3, -0.25) is 4.79 Å². The van der Waals surface area contributed by atoms with Crippen LogP contribution in [0.5, 0.6) is 0 Å². The fraction of sp³-hybridized carbons (Fsp3) is 0.500. The quantitative estimate of drug-likeness (QED) is 0.328. The number of carbonyl (C=O) groups excluding carboxylic acids is 1. The van der Waals surface area contributed by atoms with Crippen molar-refractivity contribution < 1.29 is 37.5 Å². The second kappa shape index (κ2) is 13.7. The Bertz CT molecular complexity index is 1220. The smallest absolute Gasteiger partial charge is 0.478 e. The number of hydrogen-bond donors (Lipinski definition) is 1. The van der Waals surface area contributed by atoms with Crippen molar-refractivity contribution in [2.75, 3.05) is 0 Å². The molecule has 1 N–H and O–H groups in total. The molecule has 14 heteroatoms. The molecule has 2 heterocycles. The van der Waals surface area contributed by atoms with Crippen LogP contribution in [0.1, 0.15) is 87.2 Å². The molecule has 0 saturated carbocycles. The Morgan fingerprint density at radius 1 is 0.690 bits per heavy atom. The summed E-state index contributed by atoms with van der Waals surface area (Å²) in [6.45, 7) is 19.5.